The minimum Gasteiger partial charge on any atom is -0.459 e. The Bertz CT molecular complexity index is 646. The molecular weight excluding hydrogens is 338 g/mol. The summed E-state index contributed by atoms with van der Waals surface area (Å²) in [7, 11) is 3.92. The van der Waals surface area contributed by atoms with Crippen LogP contribution in [0.1, 0.15) is 37.8 Å². The number of benzene rings is 2. The van der Waals surface area contributed by atoms with Gasteiger partial charge in [0.2, 0.25) is 5.60 Å². The van der Waals surface area contributed by atoms with Crippen LogP contribution in [0.4, 0.5) is 0 Å². The van der Waals surface area contributed by atoms with Gasteiger partial charge in [-0.15, -0.1) is 0 Å². The monoisotopic (exact) mass is 369 g/mol. The molecule has 0 saturated heterocycles. The molecule has 0 fully saturated rings. The summed E-state index contributed by atoms with van der Waals surface area (Å²) in [4.78, 5) is 15.5. The molecule has 0 saturated carbocycles. The maximum absolute atomic E-state index is 13.5. The summed E-state index contributed by atoms with van der Waals surface area (Å²) < 4.78 is 12.2. The Kier molecular flexibility index (Phi) is 8.01. The van der Waals surface area contributed by atoms with Crippen molar-refractivity contribution in [2.24, 2.45) is 0 Å². The van der Waals surface area contributed by atoms with E-state index in [0.717, 1.165) is 24.0 Å². The van der Waals surface area contributed by atoms with Crippen molar-refractivity contribution in [2.75, 3.05) is 27.2 Å². The number of hydrogen-bond donors (Lipinski definition) is 0. The first-order valence-corrected chi connectivity index (χ1v) is 9.61. The van der Waals surface area contributed by atoms with E-state index in [1.54, 1.807) is 0 Å². The topological polar surface area (TPSA) is 38.8 Å². The number of ether oxygens (including phenoxy) is 2. The molecule has 146 valence electrons. The SMILES string of the molecule is CCCCOC(C(=O)OC(C)CN(C)C)(c1ccccc1)c1ccccc1. The molecule has 27 heavy (non-hydrogen) atoms. The van der Waals surface area contributed by atoms with Crippen LogP contribution >= 0.6 is 0 Å². The van der Waals surface area contributed by atoms with Crippen molar-refractivity contribution in [3.05, 3.63) is 71.8 Å². The van der Waals surface area contributed by atoms with E-state index in [1.807, 2.05) is 86.6 Å². The molecule has 4 heteroatoms. The summed E-state index contributed by atoms with van der Waals surface area (Å²) in [6.07, 6.45) is 1.63. The second-order valence-electron chi connectivity index (χ2n) is 7.09. The van der Waals surface area contributed by atoms with E-state index in [4.69, 9.17) is 9.47 Å². The van der Waals surface area contributed by atoms with Crippen molar-refractivity contribution in [1.29, 1.82) is 0 Å². The lowest BCUT2D eigenvalue weighted by Crippen LogP contribution is -2.44. The number of nitrogens with zero attached hydrogens (tertiary/aromatic N) is 1. The normalized spacial score (nSPS) is 12.8. The van der Waals surface area contributed by atoms with Gasteiger partial charge in [-0.2, -0.15) is 0 Å². The summed E-state index contributed by atoms with van der Waals surface area (Å²) in [5, 5.41) is 0. The highest BCUT2D eigenvalue weighted by atomic mass is 16.6. The van der Waals surface area contributed by atoms with E-state index in [2.05, 4.69) is 6.92 Å². The van der Waals surface area contributed by atoms with Crippen molar-refractivity contribution >= 4 is 5.97 Å². The zero-order valence-corrected chi connectivity index (χ0v) is 16.9. The van der Waals surface area contributed by atoms with Crippen LogP contribution in [0.3, 0.4) is 0 Å². The van der Waals surface area contributed by atoms with Gasteiger partial charge >= 0.3 is 5.97 Å². The molecule has 0 bridgehead atoms. The predicted molar refractivity (Wildman–Crippen MR) is 109 cm³/mol. The standard InChI is InChI=1S/C23H31NO3/c1-5-6-17-26-23(20-13-9-7-10-14-20,21-15-11-8-12-16-21)22(25)27-19(2)18-24(3)4/h7-16,19H,5-6,17-18H2,1-4H3. The van der Waals surface area contributed by atoms with Gasteiger partial charge in [0.1, 0.15) is 6.10 Å². The maximum Gasteiger partial charge on any atom is 0.348 e. The van der Waals surface area contributed by atoms with Gasteiger partial charge in [0.25, 0.3) is 0 Å². The van der Waals surface area contributed by atoms with Gasteiger partial charge in [-0.25, -0.2) is 4.79 Å². The first-order valence-electron chi connectivity index (χ1n) is 9.61. The highest BCUT2D eigenvalue weighted by Crippen LogP contribution is 2.36. The van der Waals surface area contributed by atoms with Crippen molar-refractivity contribution < 1.29 is 14.3 Å². The van der Waals surface area contributed by atoms with Crippen molar-refractivity contribution in [1.82, 2.24) is 4.90 Å². The molecule has 2 rings (SSSR count). The van der Waals surface area contributed by atoms with Crippen molar-refractivity contribution in [2.45, 2.75) is 38.4 Å². The largest absolute Gasteiger partial charge is 0.459 e. The molecular formula is C23H31NO3. The number of rotatable bonds is 10. The van der Waals surface area contributed by atoms with E-state index < -0.39 is 5.60 Å². The summed E-state index contributed by atoms with van der Waals surface area (Å²) >= 11 is 0. The fraction of sp³-hybridized carbons (Fsp3) is 0.435. The van der Waals surface area contributed by atoms with E-state index in [1.165, 1.54) is 0 Å². The highest BCUT2D eigenvalue weighted by Gasteiger charge is 2.45. The van der Waals surface area contributed by atoms with Gasteiger partial charge in [0.15, 0.2) is 0 Å². The van der Waals surface area contributed by atoms with Crippen molar-refractivity contribution in [3.8, 4) is 0 Å². The van der Waals surface area contributed by atoms with Gasteiger partial charge in [-0.3, -0.25) is 0 Å². The molecule has 1 unspecified atom stereocenters. The summed E-state index contributed by atoms with van der Waals surface area (Å²) in [6, 6.07) is 19.3. The molecule has 0 aliphatic carbocycles. The van der Waals surface area contributed by atoms with Crippen LogP contribution in [0, 0.1) is 0 Å². The third-order valence-corrected chi connectivity index (χ3v) is 4.40. The molecule has 0 radical (unpaired) electrons. The number of esters is 1. The Labute approximate surface area is 163 Å². The molecule has 0 N–H and O–H groups in total. The molecule has 0 spiro atoms. The molecule has 0 heterocycles. The van der Waals surface area contributed by atoms with Gasteiger partial charge in [-0.05, 0) is 38.6 Å². The summed E-state index contributed by atoms with van der Waals surface area (Å²) in [6.45, 7) is 5.15. The Balaban J connectivity index is 2.48. The predicted octanol–water partition coefficient (Wildman–Crippen LogP) is 4.24. The molecule has 0 aliphatic rings. The Morgan fingerprint density at radius 1 is 1.00 bits per heavy atom. The Morgan fingerprint density at radius 3 is 1.96 bits per heavy atom. The number of likely N-dealkylation sites (N-methyl/N-ethyl adjacent to an activating group) is 1. The number of unbranched alkanes of at least 4 members (excludes halogenated alkanes) is 1. The minimum atomic E-state index is -1.27. The number of carbonyl (C=O) groups excluding carboxylic acids is 1. The fourth-order valence-corrected chi connectivity index (χ4v) is 3.16. The summed E-state index contributed by atoms with van der Waals surface area (Å²) in [5.41, 5.74) is 0.307. The molecule has 0 aromatic heterocycles. The first kappa shape index (κ1) is 21.1. The minimum absolute atomic E-state index is 0.242. The second-order valence-corrected chi connectivity index (χ2v) is 7.09. The lowest BCUT2D eigenvalue weighted by molar-refractivity contribution is -0.174. The zero-order valence-electron chi connectivity index (χ0n) is 16.9. The molecule has 2 aromatic rings. The summed E-state index contributed by atoms with van der Waals surface area (Å²) in [5.74, 6) is -0.370. The van der Waals surface area contributed by atoms with Crippen LogP contribution in [0.15, 0.2) is 60.7 Å². The van der Waals surface area contributed by atoms with Crippen LogP contribution in [-0.2, 0) is 19.9 Å². The van der Waals surface area contributed by atoms with E-state index in [9.17, 15) is 4.79 Å². The van der Waals surface area contributed by atoms with Gasteiger partial charge in [-0.1, -0.05) is 74.0 Å². The lowest BCUT2D eigenvalue weighted by Gasteiger charge is -2.34. The van der Waals surface area contributed by atoms with Gasteiger partial charge in [0, 0.05) is 13.2 Å². The third kappa shape index (κ3) is 5.41. The van der Waals surface area contributed by atoms with Crippen LogP contribution in [0.25, 0.3) is 0 Å². The molecule has 0 aliphatic heterocycles. The average Bonchev–Trinajstić information content (AvgIpc) is 2.66. The fourth-order valence-electron chi connectivity index (χ4n) is 3.16. The number of hydrogen-bond acceptors (Lipinski definition) is 4. The zero-order chi connectivity index (χ0) is 19.7. The Morgan fingerprint density at radius 2 is 1.52 bits per heavy atom. The highest BCUT2D eigenvalue weighted by molar-refractivity contribution is 5.86. The van der Waals surface area contributed by atoms with Crippen LogP contribution in [-0.4, -0.2) is 44.2 Å². The quantitative estimate of drug-likeness (QED) is 0.464. The molecule has 2 aromatic carbocycles. The third-order valence-electron chi connectivity index (χ3n) is 4.40. The van der Waals surface area contributed by atoms with E-state index in [0.29, 0.717) is 13.2 Å². The van der Waals surface area contributed by atoms with Crippen LogP contribution < -0.4 is 0 Å². The smallest absolute Gasteiger partial charge is 0.348 e. The first-order chi connectivity index (χ1) is 13.0. The van der Waals surface area contributed by atoms with Gasteiger partial charge in [0.05, 0.1) is 0 Å². The Hall–Kier alpha value is -2.17. The lowest BCUT2D eigenvalue weighted by atomic mass is 9.86. The number of carbonyl (C=O) groups is 1. The second kappa shape index (κ2) is 10.2. The molecule has 0 amide bonds. The van der Waals surface area contributed by atoms with E-state index in [-0.39, 0.29) is 12.1 Å². The van der Waals surface area contributed by atoms with E-state index >= 15 is 0 Å². The maximum atomic E-state index is 13.5. The molecule has 4 nitrogen and oxygen atoms in total. The van der Waals surface area contributed by atoms with Crippen molar-refractivity contribution in [3.63, 3.8) is 0 Å². The molecule has 1 atom stereocenters. The average molecular weight is 370 g/mol. The van der Waals surface area contributed by atoms with Crippen LogP contribution in [0.5, 0.6) is 0 Å². The van der Waals surface area contributed by atoms with Crippen LogP contribution in [0.2, 0.25) is 0 Å². The van der Waals surface area contributed by atoms with Gasteiger partial charge < -0.3 is 14.4 Å².